The Hall–Kier alpha value is -0.160. The molecule has 0 N–H and O–H groups in total. The lowest BCUT2D eigenvalue weighted by Crippen LogP contribution is -2.40. The first-order valence-corrected chi connectivity index (χ1v) is 8.87. The number of halogens is 1. The van der Waals surface area contributed by atoms with Crippen LogP contribution in [0, 0.1) is 5.92 Å². The molecular weight excluding hydrogens is 292 g/mol. The third-order valence-corrected chi connectivity index (χ3v) is 5.43. The van der Waals surface area contributed by atoms with Gasteiger partial charge in [-0.15, -0.1) is 22.9 Å². The van der Waals surface area contributed by atoms with Gasteiger partial charge >= 0.3 is 0 Å². The van der Waals surface area contributed by atoms with Crippen LogP contribution in [-0.2, 0) is 10.6 Å². The average molecular weight is 317 g/mol. The van der Waals surface area contributed by atoms with Crippen molar-refractivity contribution in [2.75, 3.05) is 20.3 Å². The van der Waals surface area contributed by atoms with Crippen LogP contribution < -0.4 is 0 Å². The van der Waals surface area contributed by atoms with Crippen molar-refractivity contribution in [1.29, 1.82) is 0 Å². The predicted octanol–water partition coefficient (Wildman–Crippen LogP) is 4.08. The molecule has 0 bridgehead atoms. The van der Waals surface area contributed by atoms with Crippen LogP contribution in [0.15, 0.2) is 5.38 Å². The predicted molar refractivity (Wildman–Crippen MR) is 85.5 cm³/mol. The number of methoxy groups -OCH3 is 1. The maximum atomic E-state index is 5.88. The van der Waals surface area contributed by atoms with Crippen molar-refractivity contribution >= 4 is 22.9 Å². The molecule has 2 atom stereocenters. The van der Waals surface area contributed by atoms with Crippen molar-refractivity contribution < 1.29 is 4.74 Å². The second kappa shape index (κ2) is 7.74. The first-order chi connectivity index (χ1) is 9.71. The molecule has 1 heterocycles. The van der Waals surface area contributed by atoms with E-state index < -0.39 is 0 Å². The maximum absolute atomic E-state index is 5.88. The summed E-state index contributed by atoms with van der Waals surface area (Å²) < 4.78 is 5.30. The van der Waals surface area contributed by atoms with E-state index in [1.807, 2.05) is 0 Å². The zero-order valence-corrected chi connectivity index (χ0v) is 14.2. The number of alkyl halides is 1. The Kier molecular flexibility index (Phi) is 6.27. The smallest absolute Gasteiger partial charge is 0.110 e. The highest BCUT2D eigenvalue weighted by atomic mass is 35.5. The normalized spacial score (nSPS) is 18.4. The summed E-state index contributed by atoms with van der Waals surface area (Å²) in [5.74, 6) is 1.36. The summed E-state index contributed by atoms with van der Waals surface area (Å²) in [6.45, 7) is 6.35. The molecule has 1 saturated carbocycles. The minimum atomic E-state index is 0.391. The Bertz CT molecular complexity index is 408. The van der Waals surface area contributed by atoms with Crippen molar-refractivity contribution in [2.24, 2.45) is 5.92 Å². The SMILES string of the molecule is CCC(c1nc(CCl)cs1)N(CCOC)C(C)C1CC1. The summed E-state index contributed by atoms with van der Waals surface area (Å²) in [4.78, 5) is 7.28. The van der Waals surface area contributed by atoms with E-state index in [-0.39, 0.29) is 0 Å². The Morgan fingerprint density at radius 3 is 2.80 bits per heavy atom. The van der Waals surface area contributed by atoms with Crippen molar-refractivity contribution in [3.63, 3.8) is 0 Å². The van der Waals surface area contributed by atoms with E-state index in [9.17, 15) is 0 Å². The summed E-state index contributed by atoms with van der Waals surface area (Å²) >= 11 is 7.62. The van der Waals surface area contributed by atoms with Gasteiger partial charge in [-0.25, -0.2) is 4.98 Å². The molecule has 1 fully saturated rings. The number of thiazole rings is 1. The molecule has 0 radical (unpaired) electrons. The summed E-state index contributed by atoms with van der Waals surface area (Å²) in [5.41, 5.74) is 0.996. The number of nitrogens with zero attached hydrogens (tertiary/aromatic N) is 2. The van der Waals surface area contributed by atoms with Crippen LogP contribution in [0.4, 0.5) is 0 Å². The average Bonchev–Trinajstić information content (AvgIpc) is 3.21. The largest absolute Gasteiger partial charge is 0.383 e. The van der Waals surface area contributed by atoms with Crippen molar-refractivity contribution in [2.45, 2.75) is 51.1 Å². The Labute approximate surface area is 131 Å². The van der Waals surface area contributed by atoms with Crippen LogP contribution in [0.2, 0.25) is 0 Å². The van der Waals surface area contributed by atoms with E-state index in [0.717, 1.165) is 31.2 Å². The molecule has 1 aliphatic rings. The van der Waals surface area contributed by atoms with Gasteiger partial charge in [-0.1, -0.05) is 6.92 Å². The first kappa shape index (κ1) is 16.2. The van der Waals surface area contributed by atoms with Gasteiger partial charge in [0.2, 0.25) is 0 Å². The van der Waals surface area contributed by atoms with Gasteiger partial charge in [0.25, 0.3) is 0 Å². The van der Waals surface area contributed by atoms with Crippen LogP contribution in [0.1, 0.15) is 49.9 Å². The quantitative estimate of drug-likeness (QED) is 0.642. The molecule has 5 heteroatoms. The molecule has 2 unspecified atom stereocenters. The molecule has 3 nitrogen and oxygen atoms in total. The molecule has 1 aromatic heterocycles. The number of hydrogen-bond acceptors (Lipinski definition) is 4. The molecule has 0 aromatic carbocycles. The molecule has 0 amide bonds. The van der Waals surface area contributed by atoms with Crippen LogP contribution >= 0.6 is 22.9 Å². The Morgan fingerprint density at radius 2 is 2.30 bits per heavy atom. The van der Waals surface area contributed by atoms with Crippen LogP contribution in [0.3, 0.4) is 0 Å². The van der Waals surface area contributed by atoms with Gasteiger partial charge in [0.15, 0.2) is 0 Å². The van der Waals surface area contributed by atoms with Gasteiger partial charge in [0, 0.05) is 25.1 Å². The van der Waals surface area contributed by atoms with E-state index in [0.29, 0.717) is 18.0 Å². The molecule has 0 aliphatic heterocycles. The van der Waals surface area contributed by atoms with E-state index in [1.165, 1.54) is 17.8 Å². The van der Waals surface area contributed by atoms with E-state index in [2.05, 4.69) is 24.1 Å². The lowest BCUT2D eigenvalue weighted by atomic mass is 10.1. The molecular formula is C15H25ClN2OS. The number of hydrogen-bond donors (Lipinski definition) is 0. The summed E-state index contributed by atoms with van der Waals surface area (Å²) in [6, 6.07) is 1.00. The Balaban J connectivity index is 2.13. The van der Waals surface area contributed by atoms with Gasteiger partial charge in [-0.2, -0.15) is 0 Å². The molecule has 20 heavy (non-hydrogen) atoms. The fourth-order valence-corrected chi connectivity index (χ4v) is 4.03. The van der Waals surface area contributed by atoms with Crippen molar-refractivity contribution in [3.05, 3.63) is 16.1 Å². The van der Waals surface area contributed by atoms with E-state index >= 15 is 0 Å². The second-order valence-corrected chi connectivity index (χ2v) is 6.70. The fourth-order valence-electron chi connectivity index (χ4n) is 2.78. The zero-order chi connectivity index (χ0) is 14.5. The van der Waals surface area contributed by atoms with E-state index in [1.54, 1.807) is 18.4 Å². The van der Waals surface area contributed by atoms with Gasteiger partial charge < -0.3 is 4.74 Å². The number of rotatable bonds is 9. The minimum Gasteiger partial charge on any atom is -0.383 e. The summed E-state index contributed by atoms with van der Waals surface area (Å²) in [6.07, 6.45) is 3.81. The standard InChI is InChI=1S/C15H25ClN2OS/c1-4-14(15-17-13(9-16)10-20-15)18(7-8-19-3)11(2)12-5-6-12/h10-12,14H,4-9H2,1-3H3. The van der Waals surface area contributed by atoms with Crippen LogP contribution in [0.5, 0.6) is 0 Å². The maximum Gasteiger partial charge on any atom is 0.110 e. The first-order valence-electron chi connectivity index (χ1n) is 7.46. The Morgan fingerprint density at radius 1 is 1.55 bits per heavy atom. The number of aromatic nitrogens is 1. The van der Waals surface area contributed by atoms with Crippen LogP contribution in [0.25, 0.3) is 0 Å². The fraction of sp³-hybridized carbons (Fsp3) is 0.800. The topological polar surface area (TPSA) is 25.4 Å². The highest BCUT2D eigenvalue weighted by molar-refractivity contribution is 7.09. The highest BCUT2D eigenvalue weighted by Crippen LogP contribution is 2.39. The van der Waals surface area contributed by atoms with Gasteiger partial charge in [-0.05, 0) is 32.1 Å². The molecule has 1 aromatic rings. The lowest BCUT2D eigenvalue weighted by molar-refractivity contribution is 0.0786. The van der Waals surface area contributed by atoms with Gasteiger partial charge in [0.1, 0.15) is 5.01 Å². The van der Waals surface area contributed by atoms with Crippen molar-refractivity contribution in [1.82, 2.24) is 9.88 Å². The second-order valence-electron chi connectivity index (χ2n) is 5.54. The van der Waals surface area contributed by atoms with Crippen molar-refractivity contribution in [3.8, 4) is 0 Å². The molecule has 0 spiro atoms. The minimum absolute atomic E-state index is 0.391. The lowest BCUT2D eigenvalue weighted by Gasteiger charge is -2.35. The molecule has 0 saturated heterocycles. The van der Waals surface area contributed by atoms with Gasteiger partial charge in [-0.3, -0.25) is 4.90 Å². The summed E-state index contributed by atoms with van der Waals surface area (Å²) in [7, 11) is 1.77. The molecule has 1 aliphatic carbocycles. The summed E-state index contributed by atoms with van der Waals surface area (Å²) in [5, 5.41) is 3.29. The third kappa shape index (κ3) is 3.94. The highest BCUT2D eigenvalue weighted by Gasteiger charge is 2.35. The van der Waals surface area contributed by atoms with E-state index in [4.69, 9.17) is 21.3 Å². The molecule has 2 rings (SSSR count). The monoisotopic (exact) mass is 316 g/mol. The van der Waals surface area contributed by atoms with Gasteiger partial charge in [0.05, 0.1) is 24.2 Å². The number of ether oxygens (including phenoxy) is 1. The molecule has 114 valence electrons. The van der Waals surface area contributed by atoms with Crippen LogP contribution in [-0.4, -0.2) is 36.2 Å². The third-order valence-electron chi connectivity index (χ3n) is 4.16. The zero-order valence-electron chi connectivity index (χ0n) is 12.6.